The molecule has 1 heterocycles. The predicted molar refractivity (Wildman–Crippen MR) is 123 cm³/mol. The van der Waals surface area contributed by atoms with Crippen molar-refractivity contribution in [3.05, 3.63) is 93.4 Å². The molecule has 4 rings (SSSR count). The monoisotopic (exact) mass is 430 g/mol. The Morgan fingerprint density at radius 3 is 2.66 bits per heavy atom. The highest BCUT2D eigenvalue weighted by Crippen LogP contribution is 2.31. The quantitative estimate of drug-likeness (QED) is 0.245. The Morgan fingerprint density at radius 2 is 1.84 bits per heavy atom. The van der Waals surface area contributed by atoms with Gasteiger partial charge in [0.15, 0.2) is 17.2 Å². The summed E-state index contributed by atoms with van der Waals surface area (Å²) in [5.74, 6) is 1.32. The maximum atomic E-state index is 11.2. The lowest BCUT2D eigenvalue weighted by Gasteiger charge is -2.14. The van der Waals surface area contributed by atoms with Crippen LogP contribution in [-0.4, -0.2) is 16.7 Å². The molecule has 7 nitrogen and oxygen atoms in total. The third kappa shape index (κ3) is 4.46. The Labute approximate surface area is 185 Å². The average molecular weight is 430 g/mol. The van der Waals surface area contributed by atoms with Gasteiger partial charge in [-0.25, -0.2) is 0 Å². The van der Waals surface area contributed by atoms with Crippen LogP contribution in [0.3, 0.4) is 0 Å². The molecule has 0 spiro atoms. The molecule has 7 heteroatoms. The van der Waals surface area contributed by atoms with Crippen molar-refractivity contribution in [3.63, 3.8) is 0 Å². The molecule has 4 aromatic rings. The van der Waals surface area contributed by atoms with Crippen LogP contribution in [-0.2, 0) is 6.61 Å². The van der Waals surface area contributed by atoms with Crippen molar-refractivity contribution in [2.24, 2.45) is 0 Å². The van der Waals surface area contributed by atoms with E-state index in [4.69, 9.17) is 14.0 Å². The van der Waals surface area contributed by atoms with Crippen molar-refractivity contribution in [2.75, 3.05) is 6.61 Å². The molecule has 0 bridgehead atoms. The molecule has 162 valence electrons. The first-order valence-electron chi connectivity index (χ1n) is 10.2. The second kappa shape index (κ2) is 9.34. The van der Waals surface area contributed by atoms with E-state index in [0.717, 1.165) is 21.9 Å². The van der Waals surface area contributed by atoms with Gasteiger partial charge in [0.1, 0.15) is 6.61 Å². The Hall–Kier alpha value is -4.13. The maximum Gasteiger partial charge on any atom is 0.338 e. The highest BCUT2D eigenvalue weighted by atomic mass is 16.6. The Balaban J connectivity index is 1.56. The number of benzene rings is 3. The van der Waals surface area contributed by atoms with E-state index in [1.807, 2.05) is 49.4 Å². The van der Waals surface area contributed by atoms with Gasteiger partial charge in [0, 0.05) is 0 Å². The van der Waals surface area contributed by atoms with Crippen molar-refractivity contribution < 1.29 is 18.9 Å². The first kappa shape index (κ1) is 21.1. The third-order valence-corrected chi connectivity index (χ3v) is 5.00. The van der Waals surface area contributed by atoms with Gasteiger partial charge >= 0.3 is 5.69 Å². The first-order chi connectivity index (χ1) is 15.6. The maximum absolute atomic E-state index is 11.2. The third-order valence-electron chi connectivity index (χ3n) is 5.00. The molecule has 0 aliphatic heterocycles. The van der Waals surface area contributed by atoms with Crippen LogP contribution in [0.4, 0.5) is 5.69 Å². The molecule has 0 saturated heterocycles. The highest BCUT2D eigenvalue weighted by Gasteiger charge is 2.22. The van der Waals surface area contributed by atoms with Gasteiger partial charge in [0.2, 0.25) is 5.76 Å². The lowest BCUT2D eigenvalue weighted by atomic mass is 10.1. The largest absolute Gasteiger partial charge is 0.490 e. The number of aromatic nitrogens is 1. The number of hydrogen-bond donors (Lipinski definition) is 0. The minimum absolute atomic E-state index is 0.0988. The van der Waals surface area contributed by atoms with E-state index < -0.39 is 4.92 Å². The number of rotatable bonds is 8. The van der Waals surface area contributed by atoms with Gasteiger partial charge < -0.3 is 14.0 Å². The molecule has 0 fully saturated rings. The summed E-state index contributed by atoms with van der Waals surface area (Å²) in [6, 6.07) is 19.8. The molecule has 3 aromatic carbocycles. The summed E-state index contributed by atoms with van der Waals surface area (Å²) >= 11 is 0. The van der Waals surface area contributed by atoms with Gasteiger partial charge in [-0.2, -0.15) is 0 Å². The second-order valence-corrected chi connectivity index (χ2v) is 7.14. The van der Waals surface area contributed by atoms with Crippen molar-refractivity contribution in [1.82, 2.24) is 5.16 Å². The minimum Gasteiger partial charge on any atom is -0.490 e. The van der Waals surface area contributed by atoms with Crippen LogP contribution in [0, 0.1) is 17.0 Å². The van der Waals surface area contributed by atoms with Crippen molar-refractivity contribution in [1.29, 1.82) is 0 Å². The minimum atomic E-state index is -0.499. The van der Waals surface area contributed by atoms with E-state index in [9.17, 15) is 10.1 Å². The molecule has 0 amide bonds. The molecule has 0 atom stereocenters. The summed E-state index contributed by atoms with van der Waals surface area (Å²) in [7, 11) is 0. The number of hydrogen-bond acceptors (Lipinski definition) is 6. The Kier molecular flexibility index (Phi) is 6.17. The number of fused-ring (bicyclic) bond motifs is 1. The van der Waals surface area contributed by atoms with Gasteiger partial charge in [-0.05, 0) is 54.0 Å². The molecule has 0 aliphatic carbocycles. The van der Waals surface area contributed by atoms with Gasteiger partial charge in [-0.1, -0.05) is 59.8 Å². The van der Waals surface area contributed by atoms with E-state index in [2.05, 4.69) is 23.4 Å². The lowest BCUT2D eigenvalue weighted by molar-refractivity contribution is -0.386. The van der Waals surface area contributed by atoms with Gasteiger partial charge in [0.25, 0.3) is 0 Å². The zero-order valence-electron chi connectivity index (χ0n) is 17.8. The molecule has 0 radical (unpaired) electrons. The Bertz CT molecular complexity index is 1290. The highest BCUT2D eigenvalue weighted by molar-refractivity contribution is 5.85. The summed E-state index contributed by atoms with van der Waals surface area (Å²) in [6.07, 6.45) is 3.24. The van der Waals surface area contributed by atoms with Gasteiger partial charge in [-0.15, -0.1) is 0 Å². The topological polar surface area (TPSA) is 87.6 Å². The van der Waals surface area contributed by atoms with E-state index in [1.54, 1.807) is 6.08 Å². The molecule has 0 saturated carbocycles. The number of ether oxygens (including phenoxy) is 2. The lowest BCUT2D eigenvalue weighted by Crippen LogP contribution is -2.00. The van der Waals surface area contributed by atoms with Gasteiger partial charge in [0.05, 0.1) is 11.5 Å². The average Bonchev–Trinajstić information content (AvgIpc) is 3.18. The molecule has 0 unspecified atom stereocenters. The van der Waals surface area contributed by atoms with Gasteiger partial charge in [-0.3, -0.25) is 10.1 Å². The smallest absolute Gasteiger partial charge is 0.338 e. The Morgan fingerprint density at radius 1 is 1.03 bits per heavy atom. The summed E-state index contributed by atoms with van der Waals surface area (Å²) in [4.78, 5) is 10.7. The molecule has 32 heavy (non-hydrogen) atoms. The zero-order valence-corrected chi connectivity index (χ0v) is 17.8. The van der Waals surface area contributed by atoms with E-state index in [1.165, 1.54) is 13.0 Å². The summed E-state index contributed by atoms with van der Waals surface area (Å²) in [6.45, 7) is 4.32. The van der Waals surface area contributed by atoms with E-state index in [0.29, 0.717) is 24.7 Å². The van der Waals surface area contributed by atoms with E-state index in [-0.39, 0.29) is 17.1 Å². The van der Waals surface area contributed by atoms with Crippen LogP contribution in [0.25, 0.3) is 22.9 Å². The number of aryl methyl sites for hydroxylation is 1. The SMILES string of the molecule is CCOc1cc(/C=C\c2onc(C)c2[N+](=O)[O-])ccc1OCc1cccc2ccccc12. The van der Waals surface area contributed by atoms with Crippen LogP contribution in [0.2, 0.25) is 0 Å². The molecule has 0 N–H and O–H groups in total. The van der Waals surface area contributed by atoms with E-state index >= 15 is 0 Å². The molecular weight excluding hydrogens is 408 g/mol. The van der Waals surface area contributed by atoms with Crippen molar-refractivity contribution in [3.8, 4) is 11.5 Å². The number of nitro groups is 1. The van der Waals surface area contributed by atoms with Crippen molar-refractivity contribution >= 4 is 28.6 Å². The standard InChI is InChI=1S/C25H22N2O5/c1-3-30-24-15-18(12-14-23-25(27(28)29)17(2)26-32-23)11-13-22(24)31-16-20-9-6-8-19-7-4-5-10-21(19)20/h4-15H,3,16H2,1-2H3/b14-12-. The number of nitrogens with zero attached hydrogens (tertiary/aromatic N) is 2. The van der Waals surface area contributed by atoms with Crippen LogP contribution >= 0.6 is 0 Å². The molecule has 1 aromatic heterocycles. The van der Waals surface area contributed by atoms with Crippen LogP contribution < -0.4 is 9.47 Å². The van der Waals surface area contributed by atoms with Crippen molar-refractivity contribution in [2.45, 2.75) is 20.5 Å². The summed E-state index contributed by atoms with van der Waals surface area (Å²) in [5, 5.41) is 17.2. The van der Waals surface area contributed by atoms with Crippen LogP contribution in [0.5, 0.6) is 11.5 Å². The molecule has 0 aliphatic rings. The fraction of sp³-hybridized carbons (Fsp3) is 0.160. The fourth-order valence-electron chi connectivity index (χ4n) is 3.48. The first-order valence-corrected chi connectivity index (χ1v) is 10.2. The fourth-order valence-corrected chi connectivity index (χ4v) is 3.48. The predicted octanol–water partition coefficient (Wildman–Crippen LogP) is 6.19. The van der Waals surface area contributed by atoms with Crippen LogP contribution in [0.1, 0.15) is 29.5 Å². The molecular formula is C25H22N2O5. The summed E-state index contributed by atoms with van der Waals surface area (Å²) in [5.41, 5.74) is 1.97. The summed E-state index contributed by atoms with van der Waals surface area (Å²) < 4.78 is 16.9. The normalized spacial score (nSPS) is 11.2. The van der Waals surface area contributed by atoms with Crippen LogP contribution in [0.15, 0.2) is 65.2 Å². The zero-order chi connectivity index (χ0) is 22.5. The second-order valence-electron chi connectivity index (χ2n) is 7.14.